The molecule has 0 atom stereocenters. The van der Waals surface area contributed by atoms with Gasteiger partial charge in [-0.25, -0.2) is 4.98 Å². The van der Waals surface area contributed by atoms with Gasteiger partial charge in [0.15, 0.2) is 0 Å². The monoisotopic (exact) mass is 219 g/mol. The molecule has 0 amide bonds. The van der Waals surface area contributed by atoms with E-state index in [9.17, 15) is 5.11 Å². The van der Waals surface area contributed by atoms with Crippen molar-refractivity contribution in [1.82, 2.24) is 4.98 Å². The first kappa shape index (κ1) is 12.3. The molecule has 0 aliphatic heterocycles. The number of phenols is 1. The molecule has 2 aromatic rings. The molecular weight excluding hydrogens is 202 g/mol. The van der Waals surface area contributed by atoms with Crippen molar-refractivity contribution in [2.24, 2.45) is 0 Å². The smallest absolute Gasteiger partial charge is 0.213 e. The summed E-state index contributed by atoms with van der Waals surface area (Å²) in [6.07, 6.45) is 0. The third-order valence-electron chi connectivity index (χ3n) is 2.15. The summed E-state index contributed by atoms with van der Waals surface area (Å²) in [4.78, 5) is 4.30. The van der Waals surface area contributed by atoms with Gasteiger partial charge in [0.1, 0.15) is 5.75 Å². The number of methoxy groups -OCH3 is 1. The van der Waals surface area contributed by atoms with Crippen LogP contribution in [0.25, 0.3) is 10.9 Å². The van der Waals surface area contributed by atoms with E-state index < -0.39 is 0 Å². The molecule has 86 valence electrons. The Morgan fingerprint density at radius 3 is 2.50 bits per heavy atom. The summed E-state index contributed by atoms with van der Waals surface area (Å²) in [5, 5.41) is 10.3. The van der Waals surface area contributed by atoms with Gasteiger partial charge >= 0.3 is 0 Å². The lowest BCUT2D eigenvalue weighted by Gasteiger charge is -2.04. The standard InChI is InChI=1S/C11H11NO2.C2H6/c1-7-5-9(13)6-8-3-4-10(14-2)12-11(7)8;1-2/h3-6,13H,1-2H3;1-2H3. The Morgan fingerprint density at radius 2 is 1.88 bits per heavy atom. The van der Waals surface area contributed by atoms with Crippen LogP contribution in [0, 0.1) is 6.92 Å². The highest BCUT2D eigenvalue weighted by atomic mass is 16.5. The molecule has 1 aromatic heterocycles. The second-order valence-electron chi connectivity index (χ2n) is 3.19. The van der Waals surface area contributed by atoms with E-state index in [-0.39, 0.29) is 5.75 Å². The average molecular weight is 219 g/mol. The van der Waals surface area contributed by atoms with Crippen LogP contribution in [0.1, 0.15) is 19.4 Å². The van der Waals surface area contributed by atoms with E-state index in [2.05, 4.69) is 4.98 Å². The molecule has 0 fully saturated rings. The van der Waals surface area contributed by atoms with E-state index >= 15 is 0 Å². The molecule has 16 heavy (non-hydrogen) atoms. The molecule has 1 N–H and O–H groups in total. The van der Waals surface area contributed by atoms with Crippen LogP contribution < -0.4 is 4.74 Å². The normalized spacial score (nSPS) is 9.50. The predicted octanol–water partition coefficient (Wildman–Crippen LogP) is 3.28. The molecule has 0 aliphatic rings. The van der Waals surface area contributed by atoms with Crippen LogP contribution in [0.3, 0.4) is 0 Å². The van der Waals surface area contributed by atoms with Crippen LogP contribution in [-0.4, -0.2) is 17.2 Å². The molecule has 3 nitrogen and oxygen atoms in total. The second kappa shape index (κ2) is 5.35. The Morgan fingerprint density at radius 1 is 1.19 bits per heavy atom. The molecule has 2 rings (SSSR count). The molecule has 0 unspecified atom stereocenters. The third-order valence-corrected chi connectivity index (χ3v) is 2.15. The number of hydrogen-bond acceptors (Lipinski definition) is 3. The number of phenolic OH excluding ortho intramolecular Hbond substituents is 1. The number of fused-ring (bicyclic) bond motifs is 1. The number of aryl methyl sites for hydroxylation is 1. The van der Waals surface area contributed by atoms with Gasteiger partial charge in [-0.05, 0) is 30.7 Å². The van der Waals surface area contributed by atoms with E-state index in [1.165, 1.54) is 0 Å². The van der Waals surface area contributed by atoms with Crippen LogP contribution in [0.4, 0.5) is 0 Å². The summed E-state index contributed by atoms with van der Waals surface area (Å²) in [6, 6.07) is 7.04. The highest BCUT2D eigenvalue weighted by Crippen LogP contribution is 2.24. The Kier molecular flexibility index (Phi) is 4.11. The van der Waals surface area contributed by atoms with Gasteiger partial charge in [0, 0.05) is 11.5 Å². The number of aromatic nitrogens is 1. The fourth-order valence-electron chi connectivity index (χ4n) is 1.49. The van der Waals surface area contributed by atoms with E-state index in [4.69, 9.17) is 4.74 Å². The number of pyridine rings is 1. The summed E-state index contributed by atoms with van der Waals surface area (Å²) in [6.45, 7) is 5.91. The Balaban J connectivity index is 0.000000606. The van der Waals surface area contributed by atoms with Gasteiger partial charge in [0.2, 0.25) is 5.88 Å². The highest BCUT2D eigenvalue weighted by molar-refractivity contribution is 5.83. The zero-order valence-corrected chi connectivity index (χ0v) is 10.1. The number of hydrogen-bond donors (Lipinski definition) is 1. The minimum absolute atomic E-state index is 0.266. The van der Waals surface area contributed by atoms with Crippen molar-refractivity contribution in [3.8, 4) is 11.6 Å². The van der Waals surface area contributed by atoms with Gasteiger partial charge in [-0.1, -0.05) is 13.8 Å². The van der Waals surface area contributed by atoms with Crippen LogP contribution in [0.2, 0.25) is 0 Å². The fourth-order valence-corrected chi connectivity index (χ4v) is 1.49. The lowest BCUT2D eigenvalue weighted by atomic mass is 10.1. The zero-order chi connectivity index (χ0) is 12.1. The third kappa shape index (κ3) is 2.42. The Hall–Kier alpha value is -1.77. The largest absolute Gasteiger partial charge is 0.508 e. The predicted molar refractivity (Wildman–Crippen MR) is 66.0 cm³/mol. The van der Waals surface area contributed by atoms with Crippen LogP contribution in [-0.2, 0) is 0 Å². The highest BCUT2D eigenvalue weighted by Gasteiger charge is 2.02. The van der Waals surface area contributed by atoms with Gasteiger partial charge in [-0.2, -0.15) is 0 Å². The van der Waals surface area contributed by atoms with E-state index in [0.29, 0.717) is 5.88 Å². The fraction of sp³-hybridized carbons (Fsp3) is 0.308. The van der Waals surface area contributed by atoms with Gasteiger partial charge in [0.05, 0.1) is 12.6 Å². The van der Waals surface area contributed by atoms with Crippen LogP contribution >= 0.6 is 0 Å². The first-order chi connectivity index (χ1) is 7.70. The van der Waals surface area contributed by atoms with E-state index in [1.54, 1.807) is 25.3 Å². The molecule has 0 saturated carbocycles. The molecule has 1 heterocycles. The second-order valence-corrected chi connectivity index (χ2v) is 3.19. The maximum absolute atomic E-state index is 9.38. The summed E-state index contributed by atoms with van der Waals surface area (Å²) in [7, 11) is 1.59. The van der Waals surface area contributed by atoms with Crippen molar-refractivity contribution < 1.29 is 9.84 Å². The van der Waals surface area contributed by atoms with Crippen LogP contribution in [0.5, 0.6) is 11.6 Å². The first-order valence-electron chi connectivity index (χ1n) is 5.35. The Bertz CT molecular complexity index is 481. The van der Waals surface area contributed by atoms with Gasteiger partial charge in [-0.15, -0.1) is 0 Å². The maximum Gasteiger partial charge on any atom is 0.213 e. The lowest BCUT2D eigenvalue weighted by Crippen LogP contribution is -1.89. The topological polar surface area (TPSA) is 42.4 Å². The van der Waals surface area contributed by atoms with Crippen molar-refractivity contribution in [3.05, 3.63) is 29.8 Å². The van der Waals surface area contributed by atoms with E-state index in [0.717, 1.165) is 16.5 Å². The lowest BCUT2D eigenvalue weighted by molar-refractivity contribution is 0.399. The molecule has 3 heteroatoms. The maximum atomic E-state index is 9.38. The number of benzene rings is 1. The number of nitrogens with zero attached hydrogens (tertiary/aromatic N) is 1. The molecule has 0 radical (unpaired) electrons. The summed E-state index contributed by atoms with van der Waals surface area (Å²) in [5.74, 6) is 0.855. The zero-order valence-electron chi connectivity index (χ0n) is 10.1. The summed E-state index contributed by atoms with van der Waals surface area (Å²) < 4.78 is 5.03. The van der Waals surface area contributed by atoms with Gasteiger partial charge < -0.3 is 9.84 Å². The van der Waals surface area contributed by atoms with Crippen molar-refractivity contribution in [2.45, 2.75) is 20.8 Å². The molecule has 0 aliphatic carbocycles. The van der Waals surface area contributed by atoms with Crippen molar-refractivity contribution in [3.63, 3.8) is 0 Å². The number of ether oxygens (including phenoxy) is 1. The molecule has 0 spiro atoms. The van der Waals surface area contributed by atoms with Gasteiger partial charge in [0.25, 0.3) is 0 Å². The molecule has 0 bridgehead atoms. The minimum atomic E-state index is 0.266. The SMILES string of the molecule is CC.COc1ccc2cc(O)cc(C)c2n1. The minimum Gasteiger partial charge on any atom is -0.508 e. The number of aromatic hydroxyl groups is 1. The molecule has 0 saturated heterocycles. The first-order valence-corrected chi connectivity index (χ1v) is 5.35. The molecular formula is C13H17NO2. The van der Waals surface area contributed by atoms with E-state index in [1.807, 2.05) is 26.8 Å². The Labute approximate surface area is 95.7 Å². The molecule has 1 aromatic carbocycles. The summed E-state index contributed by atoms with van der Waals surface area (Å²) in [5.41, 5.74) is 1.81. The van der Waals surface area contributed by atoms with Crippen LogP contribution in [0.15, 0.2) is 24.3 Å². The quantitative estimate of drug-likeness (QED) is 0.800. The van der Waals surface area contributed by atoms with Crippen molar-refractivity contribution in [2.75, 3.05) is 7.11 Å². The average Bonchev–Trinajstić information content (AvgIpc) is 2.31. The summed E-state index contributed by atoms with van der Waals surface area (Å²) >= 11 is 0. The van der Waals surface area contributed by atoms with Crippen molar-refractivity contribution >= 4 is 10.9 Å². The van der Waals surface area contributed by atoms with Gasteiger partial charge in [-0.3, -0.25) is 0 Å². The van der Waals surface area contributed by atoms with Crippen molar-refractivity contribution in [1.29, 1.82) is 0 Å². The number of rotatable bonds is 1.